The van der Waals surface area contributed by atoms with Crippen LogP contribution in [-0.4, -0.2) is 42.6 Å². The number of carboxylic acids is 1. The number of amides is 1. The average molecular weight is 348 g/mol. The number of hydrogen-bond donors (Lipinski definition) is 2. The van der Waals surface area contributed by atoms with Gasteiger partial charge in [0.2, 0.25) is 15.9 Å². The predicted octanol–water partition coefficient (Wildman–Crippen LogP) is 0.228. The number of carboxylic acid groups (broad SMARTS) is 1. The predicted molar refractivity (Wildman–Crippen MR) is 74.5 cm³/mol. The summed E-state index contributed by atoms with van der Waals surface area (Å²) < 4.78 is 49.0. The van der Waals surface area contributed by atoms with Crippen LogP contribution in [0.15, 0.2) is 18.2 Å². The molecule has 1 aliphatic heterocycles. The van der Waals surface area contributed by atoms with E-state index in [1.165, 1.54) is 0 Å². The lowest BCUT2D eigenvalue weighted by Crippen LogP contribution is -2.36. The number of benzene rings is 1. The van der Waals surface area contributed by atoms with Crippen molar-refractivity contribution in [2.75, 3.05) is 12.3 Å². The molecule has 1 aliphatic rings. The van der Waals surface area contributed by atoms with Crippen LogP contribution in [0.4, 0.5) is 8.78 Å². The Morgan fingerprint density at radius 3 is 2.61 bits per heavy atom. The van der Waals surface area contributed by atoms with E-state index in [-0.39, 0.29) is 18.5 Å². The number of rotatable bonds is 5. The van der Waals surface area contributed by atoms with Crippen molar-refractivity contribution in [2.24, 2.45) is 11.1 Å². The summed E-state index contributed by atoms with van der Waals surface area (Å²) in [6, 6.07) is 0.697. The van der Waals surface area contributed by atoms with Crippen molar-refractivity contribution in [1.82, 2.24) is 4.90 Å². The van der Waals surface area contributed by atoms with Gasteiger partial charge >= 0.3 is 5.97 Å². The first kappa shape index (κ1) is 17.3. The smallest absolute Gasteiger partial charge is 0.331 e. The average Bonchev–Trinajstić information content (AvgIpc) is 2.70. The van der Waals surface area contributed by atoms with Crippen LogP contribution in [-0.2, 0) is 19.6 Å². The SMILES string of the molecule is NS(=O)(=O)CC1CC(=O)N(C(C(=O)O)c2ccc(F)cc2F)C1. The van der Waals surface area contributed by atoms with E-state index in [1.807, 2.05) is 0 Å². The van der Waals surface area contributed by atoms with Gasteiger partial charge in [-0.25, -0.2) is 27.1 Å². The minimum Gasteiger partial charge on any atom is -0.479 e. The molecule has 2 rings (SSSR count). The summed E-state index contributed by atoms with van der Waals surface area (Å²) in [5.74, 6) is -5.26. The Morgan fingerprint density at radius 2 is 2.09 bits per heavy atom. The van der Waals surface area contributed by atoms with E-state index in [2.05, 4.69) is 0 Å². The van der Waals surface area contributed by atoms with Crippen LogP contribution in [0.2, 0.25) is 0 Å². The van der Waals surface area contributed by atoms with Gasteiger partial charge in [0.15, 0.2) is 6.04 Å². The van der Waals surface area contributed by atoms with Crippen LogP contribution >= 0.6 is 0 Å². The second-order valence-corrected chi connectivity index (χ2v) is 7.01. The van der Waals surface area contributed by atoms with Crippen molar-refractivity contribution in [3.8, 4) is 0 Å². The monoisotopic (exact) mass is 348 g/mol. The van der Waals surface area contributed by atoms with Crippen LogP contribution in [0.25, 0.3) is 0 Å². The molecule has 7 nitrogen and oxygen atoms in total. The molecule has 0 aromatic heterocycles. The van der Waals surface area contributed by atoms with E-state index in [0.29, 0.717) is 6.07 Å². The Morgan fingerprint density at radius 1 is 1.43 bits per heavy atom. The number of carbonyl (C=O) groups is 2. The molecular formula is C13H14F2N2O5S. The molecule has 1 aromatic carbocycles. The highest BCUT2D eigenvalue weighted by Crippen LogP contribution is 2.31. The summed E-state index contributed by atoms with van der Waals surface area (Å²) in [6.45, 7) is -0.191. The number of likely N-dealkylation sites (tertiary alicyclic amines) is 1. The first-order valence-corrected chi connectivity index (χ1v) is 8.27. The Bertz CT molecular complexity index is 753. The molecule has 0 aliphatic carbocycles. The maximum atomic E-state index is 13.9. The molecule has 1 heterocycles. The van der Waals surface area contributed by atoms with Crippen LogP contribution in [0, 0.1) is 17.6 Å². The van der Waals surface area contributed by atoms with Crippen molar-refractivity contribution in [3.05, 3.63) is 35.4 Å². The molecule has 1 saturated heterocycles. The molecule has 126 valence electrons. The molecule has 10 heteroatoms. The fourth-order valence-electron chi connectivity index (χ4n) is 2.66. The third-order valence-electron chi connectivity index (χ3n) is 3.51. The molecule has 0 radical (unpaired) electrons. The number of aliphatic carboxylic acids is 1. The summed E-state index contributed by atoms with van der Waals surface area (Å²) >= 11 is 0. The van der Waals surface area contributed by atoms with Crippen LogP contribution in [0.3, 0.4) is 0 Å². The van der Waals surface area contributed by atoms with Crippen LogP contribution in [0.1, 0.15) is 18.0 Å². The number of nitrogens with two attached hydrogens (primary N) is 1. The van der Waals surface area contributed by atoms with Gasteiger partial charge in [-0.15, -0.1) is 0 Å². The number of sulfonamides is 1. The third kappa shape index (κ3) is 4.02. The highest BCUT2D eigenvalue weighted by atomic mass is 32.2. The van der Waals surface area contributed by atoms with Gasteiger partial charge in [-0.05, 0) is 6.07 Å². The molecular weight excluding hydrogens is 334 g/mol. The summed E-state index contributed by atoms with van der Waals surface area (Å²) in [5, 5.41) is 14.2. The zero-order valence-electron chi connectivity index (χ0n) is 11.8. The van der Waals surface area contributed by atoms with E-state index in [1.54, 1.807) is 0 Å². The highest BCUT2D eigenvalue weighted by molar-refractivity contribution is 7.89. The molecule has 3 N–H and O–H groups in total. The second-order valence-electron chi connectivity index (χ2n) is 5.35. The Kier molecular flexibility index (Phi) is 4.66. The topological polar surface area (TPSA) is 118 Å². The summed E-state index contributed by atoms with van der Waals surface area (Å²) in [7, 11) is -3.83. The lowest BCUT2D eigenvalue weighted by molar-refractivity contribution is -0.148. The van der Waals surface area contributed by atoms with Crippen LogP contribution in [0.5, 0.6) is 0 Å². The van der Waals surface area contributed by atoms with Gasteiger partial charge in [0.1, 0.15) is 11.6 Å². The fraction of sp³-hybridized carbons (Fsp3) is 0.385. The molecule has 2 unspecified atom stereocenters. The van der Waals surface area contributed by atoms with E-state index >= 15 is 0 Å². The summed E-state index contributed by atoms with van der Waals surface area (Å²) in [6.07, 6.45) is -0.205. The zero-order valence-corrected chi connectivity index (χ0v) is 12.6. The van der Waals surface area contributed by atoms with Gasteiger partial charge in [-0.3, -0.25) is 4.79 Å². The van der Waals surface area contributed by atoms with Gasteiger partial charge in [0.25, 0.3) is 0 Å². The fourth-order valence-corrected chi connectivity index (χ4v) is 3.54. The van der Waals surface area contributed by atoms with E-state index in [4.69, 9.17) is 5.14 Å². The maximum Gasteiger partial charge on any atom is 0.331 e. The molecule has 0 spiro atoms. The van der Waals surface area contributed by atoms with Crippen molar-refractivity contribution >= 4 is 21.9 Å². The number of carbonyl (C=O) groups excluding carboxylic acids is 1. The van der Waals surface area contributed by atoms with E-state index < -0.39 is 51.2 Å². The normalized spacial score (nSPS) is 19.9. The number of primary sulfonamides is 1. The number of hydrogen-bond acceptors (Lipinski definition) is 4. The van der Waals surface area contributed by atoms with Crippen molar-refractivity contribution in [1.29, 1.82) is 0 Å². The molecule has 1 amide bonds. The van der Waals surface area contributed by atoms with Gasteiger partial charge in [-0.1, -0.05) is 6.07 Å². The summed E-state index contributed by atoms with van der Waals surface area (Å²) in [5.41, 5.74) is -0.372. The quantitative estimate of drug-likeness (QED) is 0.790. The Labute approximate surface area is 130 Å². The lowest BCUT2D eigenvalue weighted by atomic mass is 10.0. The number of halogens is 2. The molecule has 2 atom stereocenters. The lowest BCUT2D eigenvalue weighted by Gasteiger charge is -2.25. The zero-order chi connectivity index (χ0) is 17.4. The molecule has 23 heavy (non-hydrogen) atoms. The minimum absolute atomic E-state index is 0.191. The minimum atomic E-state index is -3.83. The van der Waals surface area contributed by atoms with E-state index in [9.17, 15) is 31.9 Å². The molecule has 1 fully saturated rings. The van der Waals surface area contributed by atoms with Gasteiger partial charge in [0.05, 0.1) is 5.75 Å². The standard InChI is InChI=1S/C13H14F2N2O5S/c14-8-1-2-9(10(15)4-8)12(13(19)20)17-5-7(3-11(17)18)6-23(16,21)22/h1-2,4,7,12H,3,5-6H2,(H,19,20)(H2,16,21,22). The highest BCUT2D eigenvalue weighted by Gasteiger charge is 2.40. The molecule has 0 saturated carbocycles. The maximum absolute atomic E-state index is 13.9. The van der Waals surface area contributed by atoms with Crippen molar-refractivity contribution < 1.29 is 31.9 Å². The first-order valence-electron chi connectivity index (χ1n) is 6.56. The first-order chi connectivity index (χ1) is 10.6. The molecule has 1 aromatic rings. The number of nitrogens with zero attached hydrogens (tertiary/aromatic N) is 1. The van der Waals surface area contributed by atoms with Gasteiger partial charge in [0, 0.05) is 30.5 Å². The Balaban J connectivity index is 2.32. The van der Waals surface area contributed by atoms with Crippen molar-refractivity contribution in [3.63, 3.8) is 0 Å². The van der Waals surface area contributed by atoms with Crippen molar-refractivity contribution in [2.45, 2.75) is 12.5 Å². The largest absolute Gasteiger partial charge is 0.479 e. The third-order valence-corrected chi connectivity index (χ3v) is 4.45. The second kappa shape index (κ2) is 6.20. The summed E-state index contributed by atoms with van der Waals surface area (Å²) in [4.78, 5) is 24.3. The van der Waals surface area contributed by atoms with Crippen LogP contribution < -0.4 is 5.14 Å². The molecule has 0 bridgehead atoms. The van der Waals surface area contributed by atoms with Gasteiger partial charge < -0.3 is 10.0 Å². The Hall–Kier alpha value is -2.07. The van der Waals surface area contributed by atoms with Gasteiger partial charge in [-0.2, -0.15) is 0 Å². The van der Waals surface area contributed by atoms with E-state index in [0.717, 1.165) is 17.0 Å².